The first-order valence-corrected chi connectivity index (χ1v) is 10.4. The Hall–Kier alpha value is -2.86. The highest BCUT2D eigenvalue weighted by Crippen LogP contribution is 2.20. The SMILES string of the molecule is CCC(C)NC(=O)C(C)NC(=O)CC(NC(=O)c1ccccc1Cl)c1ccccc1. The minimum atomic E-state index is -0.679. The Kier molecular flexibility index (Phi) is 8.87. The average Bonchev–Trinajstić information content (AvgIpc) is 2.73. The van der Waals surface area contributed by atoms with Crippen molar-refractivity contribution in [2.45, 2.75) is 51.7 Å². The topological polar surface area (TPSA) is 87.3 Å². The lowest BCUT2D eigenvalue weighted by molar-refractivity contribution is -0.129. The summed E-state index contributed by atoms with van der Waals surface area (Å²) in [6.45, 7) is 5.51. The molecular weight excluding hydrogens is 402 g/mol. The third-order valence-corrected chi connectivity index (χ3v) is 5.12. The molecule has 160 valence electrons. The number of carbonyl (C=O) groups is 3. The summed E-state index contributed by atoms with van der Waals surface area (Å²) < 4.78 is 0. The molecule has 2 aromatic carbocycles. The summed E-state index contributed by atoms with van der Waals surface area (Å²) in [5.41, 5.74) is 1.12. The highest BCUT2D eigenvalue weighted by atomic mass is 35.5. The second kappa shape index (κ2) is 11.4. The molecule has 3 atom stereocenters. The number of halogens is 1. The molecule has 0 radical (unpaired) electrons. The summed E-state index contributed by atoms with van der Waals surface area (Å²) in [6, 6.07) is 14.7. The molecule has 0 aliphatic carbocycles. The molecule has 3 amide bonds. The number of amides is 3. The fourth-order valence-corrected chi connectivity index (χ4v) is 3.06. The van der Waals surface area contributed by atoms with E-state index in [2.05, 4.69) is 16.0 Å². The van der Waals surface area contributed by atoms with Crippen molar-refractivity contribution in [2.75, 3.05) is 0 Å². The first-order chi connectivity index (χ1) is 14.3. The Labute approximate surface area is 182 Å². The van der Waals surface area contributed by atoms with E-state index < -0.39 is 12.1 Å². The molecule has 30 heavy (non-hydrogen) atoms. The maximum absolute atomic E-state index is 12.7. The number of hydrogen-bond donors (Lipinski definition) is 3. The summed E-state index contributed by atoms with van der Waals surface area (Å²) in [5.74, 6) is -0.950. The molecule has 0 heterocycles. The van der Waals surface area contributed by atoms with E-state index in [1.54, 1.807) is 31.2 Å². The first kappa shape index (κ1) is 23.4. The van der Waals surface area contributed by atoms with Crippen molar-refractivity contribution >= 4 is 29.3 Å². The highest BCUT2D eigenvalue weighted by molar-refractivity contribution is 6.33. The van der Waals surface area contributed by atoms with Gasteiger partial charge in [0, 0.05) is 6.04 Å². The van der Waals surface area contributed by atoms with E-state index >= 15 is 0 Å². The normalized spacial score (nSPS) is 13.6. The molecule has 0 spiro atoms. The van der Waals surface area contributed by atoms with Crippen molar-refractivity contribution in [3.63, 3.8) is 0 Å². The molecule has 0 aliphatic rings. The standard InChI is InChI=1S/C23H28ClN3O3/c1-4-15(2)25-22(29)16(3)26-21(28)14-20(17-10-6-5-7-11-17)27-23(30)18-12-8-9-13-19(18)24/h5-13,15-16,20H,4,14H2,1-3H3,(H,25,29)(H,26,28)(H,27,30). The number of nitrogens with one attached hydrogen (secondary N) is 3. The van der Waals surface area contributed by atoms with Crippen LogP contribution in [0.3, 0.4) is 0 Å². The fourth-order valence-electron chi connectivity index (χ4n) is 2.84. The van der Waals surface area contributed by atoms with Crippen LogP contribution in [0.15, 0.2) is 54.6 Å². The predicted molar refractivity (Wildman–Crippen MR) is 118 cm³/mol. The minimum Gasteiger partial charge on any atom is -0.352 e. The van der Waals surface area contributed by atoms with Gasteiger partial charge in [-0.2, -0.15) is 0 Å². The average molecular weight is 430 g/mol. The Balaban J connectivity index is 2.09. The highest BCUT2D eigenvalue weighted by Gasteiger charge is 2.23. The van der Waals surface area contributed by atoms with Crippen LogP contribution in [0.4, 0.5) is 0 Å². The quantitative estimate of drug-likeness (QED) is 0.569. The van der Waals surface area contributed by atoms with Crippen molar-refractivity contribution in [1.82, 2.24) is 16.0 Å². The molecule has 2 aromatic rings. The van der Waals surface area contributed by atoms with Crippen molar-refractivity contribution in [1.29, 1.82) is 0 Å². The van der Waals surface area contributed by atoms with E-state index in [1.807, 2.05) is 44.2 Å². The Morgan fingerprint density at radius 3 is 2.17 bits per heavy atom. The second-order valence-corrected chi connectivity index (χ2v) is 7.63. The van der Waals surface area contributed by atoms with E-state index in [-0.39, 0.29) is 30.2 Å². The number of rotatable bonds is 9. The molecule has 0 fully saturated rings. The van der Waals surface area contributed by atoms with E-state index in [4.69, 9.17) is 11.6 Å². The van der Waals surface area contributed by atoms with Crippen LogP contribution in [0, 0.1) is 0 Å². The van der Waals surface area contributed by atoms with Crippen molar-refractivity contribution in [3.05, 3.63) is 70.7 Å². The summed E-state index contributed by atoms with van der Waals surface area (Å²) in [6.07, 6.45) is 0.789. The van der Waals surface area contributed by atoms with Crippen LogP contribution in [-0.4, -0.2) is 29.8 Å². The van der Waals surface area contributed by atoms with Gasteiger partial charge in [0.15, 0.2) is 0 Å². The maximum Gasteiger partial charge on any atom is 0.253 e. The third kappa shape index (κ3) is 6.88. The summed E-state index contributed by atoms with van der Waals surface area (Å²) >= 11 is 6.13. The van der Waals surface area contributed by atoms with Gasteiger partial charge in [-0.25, -0.2) is 0 Å². The van der Waals surface area contributed by atoms with Crippen molar-refractivity contribution in [3.8, 4) is 0 Å². The van der Waals surface area contributed by atoms with E-state index in [0.717, 1.165) is 12.0 Å². The van der Waals surface area contributed by atoms with Gasteiger partial charge in [-0.1, -0.05) is 61.0 Å². The van der Waals surface area contributed by atoms with E-state index in [9.17, 15) is 14.4 Å². The largest absolute Gasteiger partial charge is 0.352 e. The summed E-state index contributed by atoms with van der Waals surface area (Å²) in [7, 11) is 0. The van der Waals surface area contributed by atoms with Crippen LogP contribution in [0.25, 0.3) is 0 Å². The number of benzene rings is 2. The molecular formula is C23H28ClN3O3. The van der Waals surface area contributed by atoms with Gasteiger partial charge in [0.1, 0.15) is 6.04 Å². The molecule has 0 aliphatic heterocycles. The zero-order chi connectivity index (χ0) is 22.1. The van der Waals surface area contributed by atoms with Gasteiger partial charge < -0.3 is 16.0 Å². The molecule has 6 nitrogen and oxygen atoms in total. The lowest BCUT2D eigenvalue weighted by Gasteiger charge is -2.21. The minimum absolute atomic E-state index is 0.0127. The molecule has 0 saturated heterocycles. The number of hydrogen-bond acceptors (Lipinski definition) is 3. The van der Waals surface area contributed by atoms with Gasteiger partial charge in [0.05, 0.1) is 23.0 Å². The predicted octanol–water partition coefficient (Wildman–Crippen LogP) is 3.62. The Morgan fingerprint density at radius 2 is 1.53 bits per heavy atom. The van der Waals surface area contributed by atoms with Crippen molar-refractivity contribution < 1.29 is 14.4 Å². The van der Waals surface area contributed by atoms with Gasteiger partial charge in [-0.05, 0) is 38.0 Å². The van der Waals surface area contributed by atoms with E-state index in [1.165, 1.54) is 0 Å². The molecule has 3 N–H and O–H groups in total. The Morgan fingerprint density at radius 1 is 0.900 bits per heavy atom. The molecule has 7 heteroatoms. The smallest absolute Gasteiger partial charge is 0.253 e. The van der Waals surface area contributed by atoms with Crippen LogP contribution in [-0.2, 0) is 9.59 Å². The van der Waals surface area contributed by atoms with Crippen LogP contribution >= 0.6 is 11.6 Å². The molecule has 0 saturated carbocycles. The lowest BCUT2D eigenvalue weighted by Crippen LogP contribution is -2.48. The van der Waals surface area contributed by atoms with Gasteiger partial charge in [0.2, 0.25) is 11.8 Å². The first-order valence-electron chi connectivity index (χ1n) is 10.0. The monoisotopic (exact) mass is 429 g/mol. The number of carbonyl (C=O) groups excluding carboxylic acids is 3. The zero-order valence-electron chi connectivity index (χ0n) is 17.4. The van der Waals surface area contributed by atoms with E-state index in [0.29, 0.717) is 10.6 Å². The zero-order valence-corrected chi connectivity index (χ0v) is 18.2. The fraction of sp³-hybridized carbons (Fsp3) is 0.348. The molecule has 2 rings (SSSR count). The second-order valence-electron chi connectivity index (χ2n) is 7.23. The summed E-state index contributed by atoms with van der Waals surface area (Å²) in [5, 5.41) is 8.76. The molecule has 3 unspecified atom stereocenters. The molecule has 0 aromatic heterocycles. The van der Waals surface area contributed by atoms with Crippen LogP contribution < -0.4 is 16.0 Å². The van der Waals surface area contributed by atoms with Gasteiger partial charge >= 0.3 is 0 Å². The van der Waals surface area contributed by atoms with Crippen LogP contribution in [0.1, 0.15) is 55.6 Å². The Bertz CT molecular complexity index is 873. The lowest BCUT2D eigenvalue weighted by atomic mass is 10.0. The van der Waals surface area contributed by atoms with Crippen LogP contribution in [0.2, 0.25) is 5.02 Å². The van der Waals surface area contributed by atoms with Gasteiger partial charge in [-0.15, -0.1) is 0 Å². The third-order valence-electron chi connectivity index (χ3n) is 4.79. The van der Waals surface area contributed by atoms with Crippen LogP contribution in [0.5, 0.6) is 0 Å². The summed E-state index contributed by atoms with van der Waals surface area (Å²) in [4.78, 5) is 37.5. The van der Waals surface area contributed by atoms with Crippen molar-refractivity contribution in [2.24, 2.45) is 0 Å². The maximum atomic E-state index is 12.7. The van der Waals surface area contributed by atoms with Gasteiger partial charge in [-0.3, -0.25) is 14.4 Å². The molecule has 0 bridgehead atoms. The van der Waals surface area contributed by atoms with Gasteiger partial charge in [0.25, 0.3) is 5.91 Å².